The van der Waals surface area contributed by atoms with Gasteiger partial charge < -0.3 is 47.2 Å². The van der Waals surface area contributed by atoms with Gasteiger partial charge in [0.1, 0.15) is 0 Å². The van der Waals surface area contributed by atoms with E-state index < -0.39 is 7.82 Å². The second-order valence-electron chi connectivity index (χ2n) is 0.553. The molecule has 0 spiro atoms. The van der Waals surface area contributed by atoms with Crippen LogP contribution in [0.3, 0.4) is 0 Å². The molecule has 86 valence electrons. The number of hydrogen-bond acceptors (Lipinski definition) is 5. The summed E-state index contributed by atoms with van der Waals surface area (Å²) in [6.07, 6.45) is 0. The van der Waals surface area contributed by atoms with Crippen LogP contribution in [0, 0.1) is 0 Å². The maximum absolute atomic E-state index is 9.12. The molecule has 0 heterocycles. The van der Waals surface area contributed by atoms with Gasteiger partial charge in [-0.2, -0.15) is 0 Å². The molecular formula is H14MgNO10P. The summed E-state index contributed by atoms with van der Waals surface area (Å²) in [6, 6.07) is 0. The molecule has 0 unspecified atom stereocenters. The third-order valence-electron chi connectivity index (χ3n) is 0.129. The van der Waals surface area contributed by atoms with E-state index >= 15 is 0 Å². The standard InChI is InChI=1S/Mg.H4NO4P.6H2O/c;1-5-6(2,3)4;;;;;;/h;1H2,(H2,2,3,4);6*1H2/q+2;;;;;;;/p-2. The third-order valence-corrected chi connectivity index (χ3v) is 0.387. The van der Waals surface area contributed by atoms with Crippen molar-refractivity contribution in [2.24, 2.45) is 5.90 Å². The van der Waals surface area contributed by atoms with Crippen molar-refractivity contribution in [1.29, 1.82) is 0 Å². The van der Waals surface area contributed by atoms with Crippen molar-refractivity contribution in [1.82, 2.24) is 0 Å². The van der Waals surface area contributed by atoms with Gasteiger partial charge >= 0.3 is 23.1 Å². The molecular weight excluding hydrogens is 229 g/mol. The van der Waals surface area contributed by atoms with Crippen LogP contribution in [0.5, 0.6) is 0 Å². The van der Waals surface area contributed by atoms with Gasteiger partial charge in [-0.3, -0.25) is 4.62 Å². The summed E-state index contributed by atoms with van der Waals surface area (Å²) >= 11 is 0. The Morgan fingerprint density at radius 2 is 1.00 bits per heavy atom. The largest absolute Gasteiger partial charge is 2.00 e. The normalized spacial score (nSPS) is 5.46. The fraction of sp³-hybridized carbons (Fsp3) is 0. The molecule has 0 amide bonds. The van der Waals surface area contributed by atoms with Crippen LogP contribution in [0.2, 0.25) is 0 Å². The maximum Gasteiger partial charge on any atom is 2.00 e. The fourth-order valence-electron chi connectivity index (χ4n) is 0. The summed E-state index contributed by atoms with van der Waals surface area (Å²) in [6.45, 7) is 0. The molecule has 0 rings (SSSR count). The molecule has 0 bridgehead atoms. The zero-order valence-corrected chi connectivity index (χ0v) is 8.67. The minimum absolute atomic E-state index is 0. The Labute approximate surface area is 89.1 Å². The Morgan fingerprint density at radius 1 is 0.923 bits per heavy atom. The van der Waals surface area contributed by atoms with Crippen LogP contribution >= 0.6 is 7.82 Å². The first kappa shape index (κ1) is 68.9. The van der Waals surface area contributed by atoms with Gasteiger partial charge in [0.15, 0.2) is 0 Å². The number of phosphoric acid groups is 1. The zero-order valence-electron chi connectivity index (χ0n) is 6.36. The number of nitrogens with two attached hydrogens (primary N) is 1. The van der Waals surface area contributed by atoms with Crippen LogP contribution in [0.15, 0.2) is 0 Å². The van der Waals surface area contributed by atoms with Gasteiger partial charge in [-0.25, -0.2) is 5.90 Å². The summed E-state index contributed by atoms with van der Waals surface area (Å²) in [5.74, 6) is 3.92. The molecule has 0 saturated carbocycles. The van der Waals surface area contributed by atoms with Gasteiger partial charge in [0.05, 0.1) is 7.82 Å². The van der Waals surface area contributed by atoms with E-state index in [4.69, 9.17) is 14.4 Å². The predicted octanol–water partition coefficient (Wildman–Crippen LogP) is -7.62. The van der Waals surface area contributed by atoms with E-state index in [9.17, 15) is 0 Å². The Kier molecular flexibility index (Phi) is 156. The van der Waals surface area contributed by atoms with Crippen molar-refractivity contribution in [2.45, 2.75) is 0 Å². The van der Waals surface area contributed by atoms with Gasteiger partial charge in [-0.15, -0.1) is 0 Å². The van der Waals surface area contributed by atoms with Crippen molar-refractivity contribution >= 4 is 30.9 Å². The van der Waals surface area contributed by atoms with E-state index in [1.165, 1.54) is 0 Å². The van der Waals surface area contributed by atoms with E-state index in [1.54, 1.807) is 0 Å². The van der Waals surface area contributed by atoms with E-state index in [1.807, 2.05) is 0 Å². The fourth-order valence-corrected chi connectivity index (χ4v) is 0. The SMILES string of the molecule is NOP(=O)([O-])[O-].O.O.O.O.O.O.[Mg+2]. The van der Waals surface area contributed by atoms with Gasteiger partial charge in [0, 0.05) is 0 Å². The minimum atomic E-state index is -4.87. The molecule has 0 aromatic heterocycles. The van der Waals surface area contributed by atoms with Crippen LogP contribution in [0.4, 0.5) is 0 Å². The zero-order chi connectivity index (χ0) is 5.21. The summed E-state index contributed by atoms with van der Waals surface area (Å²) in [5, 5.41) is 0. The van der Waals surface area contributed by atoms with E-state index in [0.717, 1.165) is 0 Å². The van der Waals surface area contributed by atoms with E-state index in [-0.39, 0.29) is 55.9 Å². The molecule has 14 N–H and O–H groups in total. The summed E-state index contributed by atoms with van der Waals surface area (Å²) in [5.41, 5.74) is 0. The van der Waals surface area contributed by atoms with Crippen LogP contribution in [0.25, 0.3) is 0 Å². The smallest absolute Gasteiger partial charge is 0.788 e. The molecule has 0 aliphatic heterocycles. The molecule has 0 aliphatic rings. The van der Waals surface area contributed by atoms with Crippen molar-refractivity contribution in [3.63, 3.8) is 0 Å². The first-order valence-electron chi connectivity index (χ1n) is 0.966. The average Bonchev–Trinajstić information content (AvgIpc) is 1.35. The second-order valence-corrected chi connectivity index (χ2v) is 1.66. The first-order valence-corrected chi connectivity index (χ1v) is 2.43. The van der Waals surface area contributed by atoms with E-state index in [0.29, 0.717) is 0 Å². The average molecular weight is 243 g/mol. The van der Waals surface area contributed by atoms with Crippen LogP contribution < -0.4 is 15.7 Å². The molecule has 0 aromatic carbocycles. The summed E-state index contributed by atoms with van der Waals surface area (Å²) < 4.78 is 12.0. The number of hydrogen-bond donors (Lipinski definition) is 1. The summed E-state index contributed by atoms with van der Waals surface area (Å²) in [7, 11) is -4.87. The topological polar surface area (TPSA) is 287 Å². The Bertz CT molecular complexity index is 79.0. The molecule has 13 heteroatoms. The van der Waals surface area contributed by atoms with Crippen LogP contribution in [-0.2, 0) is 9.19 Å². The first-order chi connectivity index (χ1) is 2.56. The molecule has 0 radical (unpaired) electrons. The molecule has 11 nitrogen and oxygen atoms in total. The maximum atomic E-state index is 9.12. The van der Waals surface area contributed by atoms with Crippen molar-refractivity contribution < 1.29 is 51.8 Å². The van der Waals surface area contributed by atoms with Gasteiger partial charge in [0.2, 0.25) is 0 Å². The van der Waals surface area contributed by atoms with E-state index in [2.05, 4.69) is 10.5 Å². The third kappa shape index (κ3) is 109. The molecule has 0 aliphatic carbocycles. The molecule has 0 saturated heterocycles. The molecule has 13 heavy (non-hydrogen) atoms. The quantitative estimate of drug-likeness (QED) is 0.265. The van der Waals surface area contributed by atoms with Gasteiger partial charge in [-0.05, 0) is 0 Å². The monoisotopic (exact) mass is 243 g/mol. The van der Waals surface area contributed by atoms with Gasteiger partial charge in [0.25, 0.3) is 0 Å². The second kappa shape index (κ2) is 29.4. The number of rotatable bonds is 1. The van der Waals surface area contributed by atoms with Crippen molar-refractivity contribution in [2.75, 3.05) is 0 Å². The Morgan fingerprint density at radius 3 is 1.00 bits per heavy atom. The van der Waals surface area contributed by atoms with Gasteiger partial charge in [-0.1, -0.05) is 0 Å². The predicted molar refractivity (Wildman–Crippen MR) is 40.3 cm³/mol. The minimum Gasteiger partial charge on any atom is -0.788 e. The van der Waals surface area contributed by atoms with Crippen LogP contribution in [-0.4, -0.2) is 55.9 Å². The molecule has 0 fully saturated rings. The van der Waals surface area contributed by atoms with Crippen molar-refractivity contribution in [3.8, 4) is 0 Å². The Hall–Kier alpha value is 0.596. The summed E-state index contributed by atoms with van der Waals surface area (Å²) in [4.78, 5) is 18.2. The molecule has 0 aromatic rings. The Balaban J connectivity index is -0.00000000595. The molecule has 0 atom stereocenters. The van der Waals surface area contributed by atoms with Crippen LogP contribution in [0.1, 0.15) is 0 Å². The van der Waals surface area contributed by atoms with Crippen molar-refractivity contribution in [3.05, 3.63) is 0 Å².